The first-order valence-corrected chi connectivity index (χ1v) is 10.8. The number of thiazole rings is 1. The summed E-state index contributed by atoms with van der Waals surface area (Å²) in [6.45, 7) is 4.23. The second kappa shape index (κ2) is 9.90. The summed E-state index contributed by atoms with van der Waals surface area (Å²) in [5, 5.41) is 13.7. The summed E-state index contributed by atoms with van der Waals surface area (Å²) in [5.74, 6) is -0.0699. The van der Waals surface area contributed by atoms with Crippen LogP contribution in [-0.2, 0) is 11.2 Å². The minimum atomic E-state index is -0.490. The molecule has 0 aliphatic heterocycles. The number of aromatic nitrogens is 1. The molecule has 1 heterocycles. The van der Waals surface area contributed by atoms with Gasteiger partial charge in [0.15, 0.2) is 5.13 Å². The smallest absolute Gasteiger partial charge is 0.268 e. The Labute approximate surface area is 189 Å². The van der Waals surface area contributed by atoms with Gasteiger partial charge in [0.25, 0.3) is 5.91 Å². The highest BCUT2D eigenvalue weighted by atomic mass is 35.5. The van der Waals surface area contributed by atoms with Gasteiger partial charge >= 0.3 is 0 Å². The Morgan fingerprint density at radius 2 is 1.97 bits per heavy atom. The first kappa shape index (κ1) is 22.0. The zero-order chi connectivity index (χ0) is 21.7. The van der Waals surface area contributed by atoms with Crippen molar-refractivity contribution < 1.29 is 4.79 Å². The Kier molecular flexibility index (Phi) is 7.28. The van der Waals surface area contributed by atoms with Gasteiger partial charge in [-0.15, -0.1) is 11.3 Å². The number of nitrogens with one attached hydrogen (secondary N) is 1. The summed E-state index contributed by atoms with van der Waals surface area (Å²) in [6.07, 6.45) is 3.83. The number of nitrogens with zero attached hydrogens (tertiary/aromatic N) is 2. The summed E-state index contributed by atoms with van der Waals surface area (Å²) < 4.78 is 0. The standard InChI is InChI=1S/C23H19Cl2N3OS/c1-14(2)16-5-3-15(4-6-16)9-18(12-26)22(29)28-23-27-13-20(30-23)10-17-7-8-19(24)11-21(17)25/h3-9,11,13-14H,10H2,1-2H3,(H,27,28,29)/b18-9+. The lowest BCUT2D eigenvalue weighted by atomic mass is 10.0. The maximum absolute atomic E-state index is 12.5. The molecule has 152 valence electrons. The highest BCUT2D eigenvalue weighted by Crippen LogP contribution is 2.27. The van der Waals surface area contributed by atoms with Gasteiger partial charge in [-0.1, -0.05) is 67.4 Å². The quantitative estimate of drug-likeness (QED) is 0.331. The Morgan fingerprint density at radius 3 is 2.60 bits per heavy atom. The molecule has 0 spiro atoms. The number of nitriles is 1. The Morgan fingerprint density at radius 1 is 1.23 bits per heavy atom. The van der Waals surface area contributed by atoms with Crippen molar-refractivity contribution in [2.75, 3.05) is 5.32 Å². The van der Waals surface area contributed by atoms with E-state index in [0.29, 0.717) is 27.5 Å². The van der Waals surface area contributed by atoms with E-state index in [9.17, 15) is 10.1 Å². The van der Waals surface area contributed by atoms with Crippen LogP contribution in [0.25, 0.3) is 6.08 Å². The molecule has 30 heavy (non-hydrogen) atoms. The minimum absolute atomic E-state index is 0.0183. The van der Waals surface area contributed by atoms with Crippen molar-refractivity contribution in [1.82, 2.24) is 4.98 Å². The molecule has 7 heteroatoms. The van der Waals surface area contributed by atoms with E-state index in [0.717, 1.165) is 16.0 Å². The summed E-state index contributed by atoms with van der Waals surface area (Å²) >= 11 is 13.5. The number of halogens is 2. The van der Waals surface area contributed by atoms with E-state index < -0.39 is 5.91 Å². The average Bonchev–Trinajstić information content (AvgIpc) is 3.15. The van der Waals surface area contributed by atoms with Crippen LogP contribution in [0.15, 0.2) is 54.2 Å². The van der Waals surface area contributed by atoms with Crippen LogP contribution in [0.2, 0.25) is 10.0 Å². The van der Waals surface area contributed by atoms with Gasteiger partial charge in [0, 0.05) is 27.5 Å². The highest BCUT2D eigenvalue weighted by Gasteiger charge is 2.13. The second-order valence-electron chi connectivity index (χ2n) is 6.99. The third-order valence-electron chi connectivity index (χ3n) is 4.43. The zero-order valence-electron chi connectivity index (χ0n) is 16.4. The van der Waals surface area contributed by atoms with Gasteiger partial charge in [-0.25, -0.2) is 4.98 Å². The lowest BCUT2D eigenvalue weighted by Crippen LogP contribution is -2.13. The van der Waals surface area contributed by atoms with Gasteiger partial charge < -0.3 is 0 Å². The van der Waals surface area contributed by atoms with Crippen molar-refractivity contribution >= 4 is 51.7 Å². The molecular formula is C23H19Cl2N3OS. The fourth-order valence-electron chi connectivity index (χ4n) is 2.76. The van der Waals surface area contributed by atoms with Crippen LogP contribution in [0.5, 0.6) is 0 Å². The molecule has 0 aliphatic carbocycles. The fourth-order valence-corrected chi connectivity index (χ4v) is 4.06. The predicted octanol–water partition coefficient (Wildman–Crippen LogP) is 6.71. The highest BCUT2D eigenvalue weighted by molar-refractivity contribution is 7.15. The van der Waals surface area contributed by atoms with Crippen LogP contribution in [0.1, 0.15) is 41.3 Å². The van der Waals surface area contributed by atoms with Crippen LogP contribution in [-0.4, -0.2) is 10.9 Å². The van der Waals surface area contributed by atoms with Gasteiger partial charge in [0.2, 0.25) is 0 Å². The predicted molar refractivity (Wildman–Crippen MR) is 124 cm³/mol. The van der Waals surface area contributed by atoms with Crippen LogP contribution in [0, 0.1) is 11.3 Å². The van der Waals surface area contributed by atoms with Crippen molar-refractivity contribution in [3.63, 3.8) is 0 Å². The maximum atomic E-state index is 12.5. The zero-order valence-corrected chi connectivity index (χ0v) is 18.8. The normalized spacial score (nSPS) is 11.4. The topological polar surface area (TPSA) is 65.8 Å². The first-order valence-electron chi connectivity index (χ1n) is 9.27. The number of rotatable bonds is 6. The van der Waals surface area contributed by atoms with Crippen LogP contribution < -0.4 is 5.32 Å². The number of hydrogen-bond donors (Lipinski definition) is 1. The van der Waals surface area contributed by atoms with Crippen molar-refractivity contribution in [2.45, 2.75) is 26.2 Å². The van der Waals surface area contributed by atoms with Crippen molar-refractivity contribution in [3.05, 3.63) is 85.8 Å². The van der Waals surface area contributed by atoms with E-state index in [-0.39, 0.29) is 5.57 Å². The van der Waals surface area contributed by atoms with Gasteiger partial charge in [0.1, 0.15) is 11.6 Å². The van der Waals surface area contributed by atoms with E-state index in [4.69, 9.17) is 23.2 Å². The molecule has 2 aromatic carbocycles. The van der Waals surface area contributed by atoms with E-state index in [1.54, 1.807) is 24.4 Å². The number of carbonyl (C=O) groups is 1. The molecule has 3 rings (SSSR count). The summed E-state index contributed by atoms with van der Waals surface area (Å²) in [6, 6.07) is 15.1. The number of benzene rings is 2. The molecule has 3 aromatic rings. The molecule has 4 nitrogen and oxygen atoms in total. The Balaban J connectivity index is 1.69. The second-order valence-corrected chi connectivity index (χ2v) is 8.95. The Hall–Kier alpha value is -2.65. The lowest BCUT2D eigenvalue weighted by Gasteiger charge is -2.05. The third-order valence-corrected chi connectivity index (χ3v) is 5.93. The van der Waals surface area contributed by atoms with Crippen LogP contribution >= 0.6 is 34.5 Å². The van der Waals surface area contributed by atoms with Crippen molar-refractivity contribution in [3.8, 4) is 6.07 Å². The minimum Gasteiger partial charge on any atom is -0.297 e. The van der Waals surface area contributed by atoms with E-state index in [1.165, 1.54) is 16.9 Å². The van der Waals surface area contributed by atoms with Crippen LogP contribution in [0.3, 0.4) is 0 Å². The van der Waals surface area contributed by atoms with Gasteiger partial charge in [-0.3, -0.25) is 10.1 Å². The molecule has 0 bridgehead atoms. The fraction of sp³-hybridized carbons (Fsp3) is 0.174. The van der Waals surface area contributed by atoms with Crippen LogP contribution in [0.4, 0.5) is 5.13 Å². The molecule has 0 atom stereocenters. The first-order chi connectivity index (χ1) is 14.4. The monoisotopic (exact) mass is 455 g/mol. The molecule has 1 N–H and O–H groups in total. The molecule has 1 amide bonds. The summed E-state index contributed by atoms with van der Waals surface area (Å²) in [5.41, 5.74) is 2.93. The molecule has 0 radical (unpaired) electrons. The van der Waals surface area contributed by atoms with E-state index >= 15 is 0 Å². The number of anilines is 1. The summed E-state index contributed by atoms with van der Waals surface area (Å²) in [7, 11) is 0. The molecule has 0 unspecified atom stereocenters. The SMILES string of the molecule is CC(C)c1ccc(/C=C(\C#N)C(=O)Nc2ncc(Cc3ccc(Cl)cc3Cl)s2)cc1. The number of carbonyl (C=O) groups excluding carboxylic acids is 1. The van der Waals surface area contributed by atoms with Crippen molar-refractivity contribution in [2.24, 2.45) is 0 Å². The molecule has 0 fully saturated rings. The molecule has 0 aliphatic rings. The third kappa shape index (κ3) is 5.70. The van der Waals surface area contributed by atoms with Gasteiger partial charge in [-0.2, -0.15) is 5.26 Å². The molecule has 0 saturated heterocycles. The molecule has 0 saturated carbocycles. The lowest BCUT2D eigenvalue weighted by molar-refractivity contribution is -0.112. The maximum Gasteiger partial charge on any atom is 0.268 e. The average molecular weight is 456 g/mol. The number of amides is 1. The molecule has 1 aromatic heterocycles. The summed E-state index contributed by atoms with van der Waals surface area (Å²) in [4.78, 5) is 17.7. The Bertz CT molecular complexity index is 1130. The number of hydrogen-bond acceptors (Lipinski definition) is 4. The van der Waals surface area contributed by atoms with Gasteiger partial charge in [-0.05, 0) is 40.8 Å². The van der Waals surface area contributed by atoms with E-state index in [1.807, 2.05) is 36.4 Å². The van der Waals surface area contributed by atoms with E-state index in [2.05, 4.69) is 24.1 Å². The van der Waals surface area contributed by atoms with Crippen molar-refractivity contribution in [1.29, 1.82) is 5.26 Å². The van der Waals surface area contributed by atoms with Gasteiger partial charge in [0.05, 0.1) is 0 Å². The molecular weight excluding hydrogens is 437 g/mol. The largest absolute Gasteiger partial charge is 0.297 e.